The zero-order chi connectivity index (χ0) is 9.07. The Balaban J connectivity index is 4.04. The number of nitrogens with one attached hydrogen (secondary N) is 1. The van der Waals surface area contributed by atoms with E-state index in [-0.39, 0.29) is 5.57 Å². The molecule has 0 unspecified atom stereocenters. The van der Waals surface area contributed by atoms with Crippen molar-refractivity contribution >= 4 is 5.97 Å². The van der Waals surface area contributed by atoms with Crippen LogP contribution in [-0.2, 0) is 4.79 Å². The van der Waals surface area contributed by atoms with Gasteiger partial charge in [-0.25, -0.2) is 4.79 Å². The Labute approximate surface area is 64.0 Å². The molecule has 0 bridgehead atoms. The van der Waals surface area contributed by atoms with Crippen LogP contribution in [0, 0.1) is 0 Å². The van der Waals surface area contributed by atoms with Crippen molar-refractivity contribution in [3.63, 3.8) is 0 Å². The highest BCUT2D eigenvalue weighted by molar-refractivity contribution is 5.85. The third-order valence-corrected chi connectivity index (χ3v) is 0.899. The third-order valence-electron chi connectivity index (χ3n) is 0.899. The number of hydrogen-bond donors (Lipinski definition) is 4. The molecule has 0 aromatic heterocycles. The van der Waals surface area contributed by atoms with Gasteiger partial charge in [-0.1, -0.05) is 0 Å². The zero-order valence-electron chi connectivity index (χ0n) is 6.33. The van der Waals surface area contributed by atoms with Gasteiger partial charge < -0.3 is 20.6 Å². The largest absolute Gasteiger partial charge is 0.478 e. The highest BCUT2D eigenvalue weighted by Gasteiger charge is 2.11. The third kappa shape index (κ3) is 5.38. The summed E-state index contributed by atoms with van der Waals surface area (Å²) in [5.74, 6) is -3.18. The van der Waals surface area contributed by atoms with E-state index in [2.05, 4.69) is 5.32 Å². The van der Waals surface area contributed by atoms with E-state index in [4.69, 9.17) is 15.3 Å². The van der Waals surface area contributed by atoms with Crippen LogP contribution in [0.15, 0.2) is 11.8 Å². The first-order chi connectivity index (χ1) is 4.83. The van der Waals surface area contributed by atoms with E-state index in [0.717, 1.165) is 13.1 Å². The number of aliphatic carboxylic acids is 1. The van der Waals surface area contributed by atoms with Gasteiger partial charge in [-0.3, -0.25) is 0 Å². The lowest BCUT2D eigenvalue weighted by atomic mass is 10.3. The minimum absolute atomic E-state index is 0.000625. The highest BCUT2D eigenvalue weighted by Crippen LogP contribution is 1.93. The summed E-state index contributed by atoms with van der Waals surface area (Å²) in [6, 6.07) is 0. The van der Waals surface area contributed by atoms with Gasteiger partial charge in [0.15, 0.2) is 0 Å². The quantitative estimate of drug-likeness (QED) is 0.322. The molecule has 0 aliphatic rings. The first-order valence-electron chi connectivity index (χ1n) is 2.95. The van der Waals surface area contributed by atoms with Gasteiger partial charge >= 0.3 is 5.97 Å². The molecule has 0 aliphatic carbocycles. The number of aliphatic hydroxyl groups is 2. The fourth-order valence-corrected chi connectivity index (χ4v) is 0.307. The molecule has 0 spiro atoms. The number of rotatable bonds is 3. The Hall–Kier alpha value is -1.07. The summed E-state index contributed by atoms with van der Waals surface area (Å²) in [5.41, 5.74) is -0.000625. The second-order valence-electron chi connectivity index (χ2n) is 2.30. The van der Waals surface area contributed by atoms with Crippen molar-refractivity contribution in [2.75, 3.05) is 0 Å². The molecule has 0 aliphatic heterocycles. The van der Waals surface area contributed by atoms with Crippen LogP contribution in [0.3, 0.4) is 0 Å². The Bertz CT molecular complexity index is 180. The number of carboxylic acid groups (broad SMARTS) is 1. The average Bonchev–Trinajstić information content (AvgIpc) is 1.80. The van der Waals surface area contributed by atoms with Gasteiger partial charge in [0.2, 0.25) is 5.91 Å². The molecule has 0 aromatic rings. The van der Waals surface area contributed by atoms with Crippen LogP contribution >= 0.6 is 0 Å². The van der Waals surface area contributed by atoms with E-state index < -0.39 is 11.9 Å². The molecule has 0 saturated carbocycles. The lowest BCUT2D eigenvalue weighted by molar-refractivity contribution is -0.160. The van der Waals surface area contributed by atoms with Crippen LogP contribution in [0.1, 0.15) is 13.8 Å². The molecule has 4 N–H and O–H groups in total. The second kappa shape index (κ2) is 3.36. The van der Waals surface area contributed by atoms with E-state index in [9.17, 15) is 4.79 Å². The molecule has 0 radical (unpaired) electrons. The average molecular weight is 161 g/mol. The van der Waals surface area contributed by atoms with Gasteiger partial charge in [0.05, 0.1) is 0 Å². The van der Waals surface area contributed by atoms with Gasteiger partial charge in [0.25, 0.3) is 0 Å². The summed E-state index contributed by atoms with van der Waals surface area (Å²) in [4.78, 5) is 10.1. The fourth-order valence-electron chi connectivity index (χ4n) is 0.307. The maximum atomic E-state index is 10.1. The molecule has 0 aromatic carbocycles. The molecular weight excluding hydrogens is 150 g/mol. The molecule has 11 heavy (non-hydrogen) atoms. The predicted octanol–water partition coefficient (Wildman–Crippen LogP) is -0.777. The minimum Gasteiger partial charge on any atom is -0.478 e. The van der Waals surface area contributed by atoms with Crippen molar-refractivity contribution in [3.8, 4) is 0 Å². The van der Waals surface area contributed by atoms with E-state index >= 15 is 0 Å². The zero-order valence-corrected chi connectivity index (χ0v) is 6.33. The van der Waals surface area contributed by atoms with Crippen molar-refractivity contribution in [2.24, 2.45) is 0 Å². The molecule has 64 valence electrons. The van der Waals surface area contributed by atoms with Crippen LogP contribution in [0.4, 0.5) is 0 Å². The molecule has 5 nitrogen and oxygen atoms in total. The van der Waals surface area contributed by atoms with E-state index in [1.54, 1.807) is 0 Å². The Morgan fingerprint density at radius 3 is 2.27 bits per heavy atom. The van der Waals surface area contributed by atoms with Gasteiger partial charge in [0.1, 0.15) is 0 Å². The molecule has 0 saturated heterocycles. The van der Waals surface area contributed by atoms with Crippen LogP contribution in [-0.4, -0.2) is 27.2 Å². The summed E-state index contributed by atoms with van der Waals surface area (Å²) in [6.45, 7) is 2.42. The molecule has 0 fully saturated rings. The molecule has 5 heteroatoms. The maximum Gasteiger partial charge on any atom is 0.332 e. The highest BCUT2D eigenvalue weighted by atomic mass is 16.5. The molecule has 0 rings (SSSR count). The van der Waals surface area contributed by atoms with Crippen LogP contribution < -0.4 is 5.32 Å². The van der Waals surface area contributed by atoms with Crippen LogP contribution in [0.5, 0.6) is 0 Å². The smallest absolute Gasteiger partial charge is 0.332 e. The van der Waals surface area contributed by atoms with Crippen molar-refractivity contribution in [1.29, 1.82) is 0 Å². The summed E-state index contributed by atoms with van der Waals surface area (Å²) in [7, 11) is 0. The van der Waals surface area contributed by atoms with Gasteiger partial charge in [-0.2, -0.15) is 0 Å². The predicted molar refractivity (Wildman–Crippen MR) is 37.4 cm³/mol. The first-order valence-corrected chi connectivity index (χ1v) is 2.95. The summed E-state index contributed by atoms with van der Waals surface area (Å²) >= 11 is 0. The normalized spacial score (nSPS) is 12.9. The number of carbonyl (C=O) groups is 1. The fraction of sp³-hybridized carbons (Fsp3) is 0.500. The minimum atomic E-state index is -2.07. The van der Waals surface area contributed by atoms with Crippen molar-refractivity contribution < 1.29 is 20.1 Å². The summed E-state index contributed by atoms with van der Waals surface area (Å²) in [6.07, 6.45) is 1.02. The molecule has 0 heterocycles. The van der Waals surface area contributed by atoms with Gasteiger partial charge in [-0.15, -0.1) is 0 Å². The second-order valence-corrected chi connectivity index (χ2v) is 2.30. The number of hydrogen-bond acceptors (Lipinski definition) is 4. The van der Waals surface area contributed by atoms with Crippen molar-refractivity contribution in [3.05, 3.63) is 11.8 Å². The van der Waals surface area contributed by atoms with E-state index in [1.165, 1.54) is 6.92 Å². The monoisotopic (exact) mass is 161 g/mol. The Morgan fingerprint density at radius 1 is 1.55 bits per heavy atom. The standard InChI is InChI=1S/C6H11NO4/c1-4(5(8)9)3-7-6(2,10)11/h3,7,10-11H,1-2H3,(H,8,9)/b4-3+. The topological polar surface area (TPSA) is 89.8 Å². The first kappa shape index (κ1) is 9.93. The van der Waals surface area contributed by atoms with Crippen LogP contribution in [0.25, 0.3) is 0 Å². The summed E-state index contributed by atoms with van der Waals surface area (Å²) < 4.78 is 0. The van der Waals surface area contributed by atoms with Crippen molar-refractivity contribution in [1.82, 2.24) is 5.32 Å². The van der Waals surface area contributed by atoms with Crippen molar-refractivity contribution in [2.45, 2.75) is 19.8 Å². The maximum absolute atomic E-state index is 10.1. The van der Waals surface area contributed by atoms with E-state index in [1.807, 2.05) is 0 Å². The lowest BCUT2D eigenvalue weighted by Gasteiger charge is -2.15. The number of carboxylic acids is 1. The SMILES string of the molecule is C/C(=C\NC(C)(O)O)C(=O)O. The Morgan fingerprint density at radius 2 is 2.00 bits per heavy atom. The summed E-state index contributed by atoms with van der Waals surface area (Å²) in [5, 5.41) is 27.7. The van der Waals surface area contributed by atoms with Gasteiger partial charge in [-0.05, 0) is 6.92 Å². The molecular formula is C6H11NO4. The Kier molecular flexibility index (Phi) is 3.03. The van der Waals surface area contributed by atoms with E-state index in [0.29, 0.717) is 0 Å². The molecule has 0 amide bonds. The van der Waals surface area contributed by atoms with Gasteiger partial charge in [0, 0.05) is 18.7 Å². The van der Waals surface area contributed by atoms with Crippen LogP contribution in [0.2, 0.25) is 0 Å². The lowest BCUT2D eigenvalue weighted by Crippen LogP contribution is -2.38. The molecule has 0 atom stereocenters.